The number of hydrogen-bond acceptors (Lipinski definition) is 3. The van der Waals surface area contributed by atoms with Crippen LogP contribution in [0, 0.1) is 12.8 Å². The highest BCUT2D eigenvalue weighted by atomic mass is 16.3. The van der Waals surface area contributed by atoms with Gasteiger partial charge in [0.2, 0.25) is 0 Å². The summed E-state index contributed by atoms with van der Waals surface area (Å²) in [6, 6.07) is 5.73. The summed E-state index contributed by atoms with van der Waals surface area (Å²) in [4.78, 5) is 14.7. The highest BCUT2D eigenvalue weighted by molar-refractivity contribution is 5.95. The minimum absolute atomic E-state index is 0.0896. The molecule has 2 fully saturated rings. The number of aryl methyl sites for hydroxylation is 1. The SMILES string of the molecule is Cc1cc(C(=O)N2C(C)CC3CNCC32)ccc1O. The first-order valence-corrected chi connectivity index (χ1v) is 6.91. The van der Waals surface area contributed by atoms with Gasteiger partial charge >= 0.3 is 0 Å². The number of hydrogen-bond donors (Lipinski definition) is 2. The third-order valence-corrected chi connectivity index (χ3v) is 4.46. The molecule has 0 radical (unpaired) electrons. The zero-order valence-corrected chi connectivity index (χ0v) is 11.4. The molecule has 19 heavy (non-hydrogen) atoms. The van der Waals surface area contributed by atoms with Gasteiger partial charge in [-0.2, -0.15) is 0 Å². The molecule has 0 spiro atoms. The van der Waals surface area contributed by atoms with Crippen LogP contribution < -0.4 is 5.32 Å². The maximum atomic E-state index is 12.7. The van der Waals surface area contributed by atoms with E-state index in [4.69, 9.17) is 0 Å². The van der Waals surface area contributed by atoms with Crippen LogP contribution >= 0.6 is 0 Å². The molecule has 3 unspecified atom stereocenters. The molecule has 2 heterocycles. The van der Waals surface area contributed by atoms with E-state index in [9.17, 15) is 9.90 Å². The summed E-state index contributed by atoms with van der Waals surface area (Å²) in [6.07, 6.45) is 1.08. The van der Waals surface area contributed by atoms with Crippen molar-refractivity contribution in [3.8, 4) is 5.75 Å². The van der Waals surface area contributed by atoms with Crippen LogP contribution in [-0.2, 0) is 0 Å². The van der Waals surface area contributed by atoms with Gasteiger partial charge in [0.05, 0.1) is 0 Å². The Hall–Kier alpha value is -1.55. The fourth-order valence-corrected chi connectivity index (χ4v) is 3.45. The van der Waals surface area contributed by atoms with Crippen molar-refractivity contribution in [2.45, 2.75) is 32.4 Å². The predicted octanol–water partition coefficient (Wildman–Crippen LogP) is 1.52. The number of nitrogens with one attached hydrogen (secondary N) is 1. The Morgan fingerprint density at radius 3 is 2.95 bits per heavy atom. The van der Waals surface area contributed by atoms with Gasteiger partial charge in [0.25, 0.3) is 5.91 Å². The average molecular weight is 260 g/mol. The first-order chi connectivity index (χ1) is 9.08. The van der Waals surface area contributed by atoms with Gasteiger partial charge in [-0.1, -0.05) is 0 Å². The Balaban J connectivity index is 1.88. The topological polar surface area (TPSA) is 52.6 Å². The highest BCUT2D eigenvalue weighted by Gasteiger charge is 2.44. The summed E-state index contributed by atoms with van der Waals surface area (Å²) in [5.41, 5.74) is 1.42. The molecule has 102 valence electrons. The second kappa shape index (κ2) is 4.53. The Morgan fingerprint density at radius 1 is 1.42 bits per heavy atom. The number of carbonyl (C=O) groups is 1. The molecule has 2 aliphatic heterocycles. The van der Waals surface area contributed by atoms with Crippen LogP contribution in [0.4, 0.5) is 0 Å². The van der Waals surface area contributed by atoms with Crippen molar-refractivity contribution in [2.75, 3.05) is 13.1 Å². The van der Waals surface area contributed by atoms with Crippen LogP contribution in [0.5, 0.6) is 5.75 Å². The monoisotopic (exact) mass is 260 g/mol. The van der Waals surface area contributed by atoms with E-state index in [1.54, 1.807) is 18.2 Å². The van der Waals surface area contributed by atoms with Crippen LogP contribution in [0.3, 0.4) is 0 Å². The van der Waals surface area contributed by atoms with Crippen LogP contribution in [0.2, 0.25) is 0 Å². The Bertz CT molecular complexity index is 515. The second-order valence-electron chi connectivity index (χ2n) is 5.78. The Labute approximate surface area is 113 Å². The molecule has 0 aromatic heterocycles. The number of benzene rings is 1. The van der Waals surface area contributed by atoms with Gasteiger partial charge < -0.3 is 15.3 Å². The molecule has 3 atom stereocenters. The molecular weight excluding hydrogens is 240 g/mol. The van der Waals surface area contributed by atoms with Gasteiger partial charge in [0.15, 0.2) is 0 Å². The van der Waals surface area contributed by atoms with Gasteiger partial charge in [0.1, 0.15) is 5.75 Å². The van der Waals surface area contributed by atoms with Gasteiger partial charge in [-0.3, -0.25) is 4.79 Å². The zero-order chi connectivity index (χ0) is 13.6. The van der Waals surface area contributed by atoms with Gasteiger partial charge in [-0.15, -0.1) is 0 Å². The van der Waals surface area contributed by atoms with Crippen LogP contribution in [0.25, 0.3) is 0 Å². The number of aromatic hydroxyl groups is 1. The fourth-order valence-electron chi connectivity index (χ4n) is 3.45. The largest absolute Gasteiger partial charge is 0.508 e. The van der Waals surface area contributed by atoms with Crippen molar-refractivity contribution in [3.05, 3.63) is 29.3 Å². The Kier molecular flexibility index (Phi) is 2.97. The minimum atomic E-state index is 0.0896. The van der Waals surface area contributed by atoms with Crippen LogP contribution in [0.15, 0.2) is 18.2 Å². The number of nitrogens with zero attached hydrogens (tertiary/aromatic N) is 1. The summed E-state index contributed by atoms with van der Waals surface area (Å²) in [6.45, 7) is 5.87. The quantitative estimate of drug-likeness (QED) is 0.805. The van der Waals surface area contributed by atoms with E-state index >= 15 is 0 Å². The molecule has 0 saturated carbocycles. The van der Waals surface area contributed by atoms with E-state index in [0.29, 0.717) is 23.6 Å². The van der Waals surface area contributed by atoms with E-state index < -0.39 is 0 Å². The first kappa shape index (κ1) is 12.5. The van der Waals surface area contributed by atoms with Gasteiger partial charge in [-0.05, 0) is 49.9 Å². The maximum absolute atomic E-state index is 12.7. The molecule has 0 bridgehead atoms. The normalized spacial score (nSPS) is 29.6. The third-order valence-electron chi connectivity index (χ3n) is 4.46. The molecule has 4 nitrogen and oxygen atoms in total. The molecule has 2 N–H and O–H groups in total. The Morgan fingerprint density at radius 2 is 2.21 bits per heavy atom. The minimum Gasteiger partial charge on any atom is -0.508 e. The standard InChI is InChI=1S/C15H20N2O2/c1-9-5-11(3-4-14(9)18)15(19)17-10(2)6-12-7-16-8-13(12)17/h3-5,10,12-13,16,18H,6-8H2,1-2H3. The summed E-state index contributed by atoms with van der Waals surface area (Å²) < 4.78 is 0. The summed E-state index contributed by atoms with van der Waals surface area (Å²) in [5.74, 6) is 0.926. The molecule has 2 aliphatic rings. The third kappa shape index (κ3) is 2.00. The van der Waals surface area contributed by atoms with Gasteiger partial charge in [-0.25, -0.2) is 0 Å². The van der Waals surface area contributed by atoms with Gasteiger partial charge in [0, 0.05) is 30.7 Å². The summed E-state index contributed by atoms with van der Waals surface area (Å²) in [7, 11) is 0. The van der Waals surface area contributed by atoms with E-state index in [0.717, 1.165) is 25.1 Å². The molecule has 1 amide bonds. The van der Waals surface area contributed by atoms with E-state index in [-0.39, 0.29) is 11.7 Å². The van der Waals surface area contributed by atoms with Crippen molar-refractivity contribution in [2.24, 2.45) is 5.92 Å². The fraction of sp³-hybridized carbons (Fsp3) is 0.533. The summed E-state index contributed by atoms with van der Waals surface area (Å²) in [5, 5.41) is 12.9. The lowest BCUT2D eigenvalue weighted by Gasteiger charge is -2.28. The maximum Gasteiger partial charge on any atom is 0.254 e. The van der Waals surface area contributed by atoms with Crippen LogP contribution in [-0.4, -0.2) is 41.1 Å². The van der Waals surface area contributed by atoms with Crippen molar-refractivity contribution in [1.29, 1.82) is 0 Å². The van der Waals surface area contributed by atoms with E-state index in [1.165, 1.54) is 0 Å². The van der Waals surface area contributed by atoms with Crippen molar-refractivity contribution >= 4 is 5.91 Å². The number of phenols is 1. The number of fused-ring (bicyclic) bond motifs is 1. The molecule has 3 rings (SSSR count). The lowest BCUT2D eigenvalue weighted by Crippen LogP contribution is -2.42. The van der Waals surface area contributed by atoms with E-state index in [1.807, 2.05) is 11.8 Å². The van der Waals surface area contributed by atoms with Crippen molar-refractivity contribution < 1.29 is 9.90 Å². The first-order valence-electron chi connectivity index (χ1n) is 6.91. The van der Waals surface area contributed by atoms with Crippen molar-refractivity contribution in [3.63, 3.8) is 0 Å². The second-order valence-corrected chi connectivity index (χ2v) is 5.78. The van der Waals surface area contributed by atoms with Crippen LogP contribution in [0.1, 0.15) is 29.3 Å². The lowest BCUT2D eigenvalue weighted by atomic mass is 10.0. The molecule has 1 aromatic rings. The van der Waals surface area contributed by atoms with E-state index in [2.05, 4.69) is 12.2 Å². The highest BCUT2D eigenvalue weighted by Crippen LogP contribution is 2.33. The smallest absolute Gasteiger partial charge is 0.254 e. The molecule has 1 aromatic carbocycles. The molecule has 2 saturated heterocycles. The average Bonchev–Trinajstić information content (AvgIpc) is 2.91. The predicted molar refractivity (Wildman–Crippen MR) is 73.2 cm³/mol. The summed E-state index contributed by atoms with van der Waals surface area (Å²) >= 11 is 0. The molecule has 0 aliphatic carbocycles. The number of phenolic OH excluding ortho intramolecular Hbond substituents is 1. The number of likely N-dealkylation sites (tertiary alicyclic amines) is 1. The number of carbonyl (C=O) groups excluding carboxylic acids is 1. The lowest BCUT2D eigenvalue weighted by molar-refractivity contribution is 0.0682. The zero-order valence-electron chi connectivity index (χ0n) is 11.4. The number of amides is 1. The molecular formula is C15H20N2O2. The van der Waals surface area contributed by atoms with Crippen molar-refractivity contribution in [1.82, 2.24) is 10.2 Å². The number of rotatable bonds is 1. The molecule has 4 heteroatoms.